The highest BCUT2D eigenvalue weighted by Gasteiger charge is 2.31. The topological polar surface area (TPSA) is 67.2 Å². The lowest BCUT2D eigenvalue weighted by Crippen LogP contribution is -2.25. The Hall–Kier alpha value is -2.52. The number of carbonyl (C=O) groups is 1. The molecule has 2 aliphatic heterocycles. The smallest absolute Gasteiger partial charge is 0.350 e. The normalized spacial score (nSPS) is 18.7. The minimum absolute atomic E-state index is 0. The van der Waals surface area contributed by atoms with Crippen LogP contribution in [0.2, 0.25) is 0 Å². The van der Waals surface area contributed by atoms with Gasteiger partial charge >= 0.3 is 6.03 Å². The van der Waals surface area contributed by atoms with E-state index in [0.717, 1.165) is 22.1 Å². The van der Waals surface area contributed by atoms with Gasteiger partial charge in [0, 0.05) is 18.3 Å². The number of carbonyl (C=O) groups excluding carboxylic acids is 1. The van der Waals surface area contributed by atoms with Crippen LogP contribution in [-0.4, -0.2) is 45.0 Å². The van der Waals surface area contributed by atoms with Crippen LogP contribution < -0.4 is 9.80 Å². The number of aromatic nitrogens is 4. The Morgan fingerprint density at radius 3 is 2.78 bits per heavy atom. The lowest BCUT2D eigenvalue weighted by atomic mass is 10.2. The molecule has 140 valence electrons. The van der Waals surface area contributed by atoms with Crippen molar-refractivity contribution in [3.63, 3.8) is 0 Å². The second-order valence-corrected chi connectivity index (χ2v) is 7.24. The summed E-state index contributed by atoms with van der Waals surface area (Å²) < 4.78 is 14.8. The molecule has 0 bridgehead atoms. The van der Waals surface area contributed by atoms with E-state index >= 15 is 0 Å². The molecule has 0 aromatic carbocycles. The Labute approximate surface area is 164 Å². The summed E-state index contributed by atoms with van der Waals surface area (Å²) in [6.07, 6.45) is 3.18. The van der Waals surface area contributed by atoms with E-state index < -0.39 is 6.17 Å². The zero-order valence-electron chi connectivity index (χ0n) is 14.2. The Morgan fingerprint density at radius 2 is 2.15 bits per heavy atom. The zero-order valence-corrected chi connectivity index (χ0v) is 15.8. The van der Waals surface area contributed by atoms with E-state index in [1.165, 1.54) is 16.0 Å². The third kappa shape index (κ3) is 3.06. The van der Waals surface area contributed by atoms with Gasteiger partial charge in [0.25, 0.3) is 0 Å². The fourth-order valence-corrected chi connectivity index (χ4v) is 3.97. The zero-order chi connectivity index (χ0) is 17.7. The largest absolute Gasteiger partial charge is 0.354 e. The van der Waals surface area contributed by atoms with Crippen LogP contribution in [-0.2, 0) is 6.54 Å². The number of pyridine rings is 1. The van der Waals surface area contributed by atoms with Gasteiger partial charge in [-0.2, -0.15) is 9.78 Å². The molecule has 5 heterocycles. The number of nitrogens with zero attached hydrogens (tertiary/aromatic N) is 6. The molecule has 0 radical (unpaired) electrons. The fraction of sp³-hybridized carbons (Fsp3) is 0.294. The van der Waals surface area contributed by atoms with Gasteiger partial charge < -0.3 is 4.90 Å². The number of rotatable bonds is 3. The van der Waals surface area contributed by atoms with Crippen molar-refractivity contribution in [2.75, 3.05) is 22.9 Å². The molecule has 1 saturated heterocycles. The van der Waals surface area contributed by atoms with E-state index in [2.05, 4.69) is 15.1 Å². The lowest BCUT2D eigenvalue weighted by molar-refractivity contribution is 0.248. The second kappa shape index (κ2) is 6.90. The van der Waals surface area contributed by atoms with Gasteiger partial charge in [0.2, 0.25) is 0 Å². The van der Waals surface area contributed by atoms with Gasteiger partial charge in [-0.3, -0.25) is 9.88 Å². The predicted molar refractivity (Wildman–Crippen MR) is 104 cm³/mol. The van der Waals surface area contributed by atoms with E-state index in [-0.39, 0.29) is 18.4 Å². The van der Waals surface area contributed by atoms with Gasteiger partial charge in [-0.1, -0.05) is 0 Å². The first-order chi connectivity index (χ1) is 12.7. The van der Waals surface area contributed by atoms with Crippen molar-refractivity contribution in [2.24, 2.45) is 0 Å². The van der Waals surface area contributed by atoms with Crippen molar-refractivity contribution in [2.45, 2.75) is 19.1 Å². The number of fused-ring (bicyclic) bond motifs is 1. The molecule has 3 aromatic rings. The first-order valence-electron chi connectivity index (χ1n) is 8.34. The van der Waals surface area contributed by atoms with E-state index in [1.807, 2.05) is 23.1 Å². The standard InChI is InChI=1S/C17H15FN6OS.ClH/c18-12-3-4-22(8-12)15-2-1-11(6-20-15)14-5-13-9-23(16-7-19-10-26-16)17(25)24(13)21-14;/h1-2,5-7,10,12H,3-4,8-9H2;1H. The van der Waals surface area contributed by atoms with Crippen LogP contribution >= 0.6 is 23.7 Å². The molecule has 10 heteroatoms. The molecule has 7 nitrogen and oxygen atoms in total. The molecule has 1 unspecified atom stereocenters. The van der Waals surface area contributed by atoms with Crippen molar-refractivity contribution in [3.8, 4) is 11.3 Å². The molecule has 0 saturated carbocycles. The van der Waals surface area contributed by atoms with Gasteiger partial charge in [-0.25, -0.2) is 14.2 Å². The quantitative estimate of drug-likeness (QED) is 0.667. The van der Waals surface area contributed by atoms with Crippen LogP contribution in [0.1, 0.15) is 12.1 Å². The molecular formula is C17H16ClFN6OS. The summed E-state index contributed by atoms with van der Waals surface area (Å²) in [5, 5.41) is 5.25. The SMILES string of the molecule is Cl.O=C1N(c2cncs2)Cc2cc(-c3ccc(N4CCC(F)C4)nc3)nn21. The van der Waals surface area contributed by atoms with Crippen molar-refractivity contribution >= 4 is 40.6 Å². The van der Waals surface area contributed by atoms with Crippen LogP contribution in [0, 0.1) is 0 Å². The van der Waals surface area contributed by atoms with E-state index in [4.69, 9.17) is 0 Å². The number of hydrogen-bond donors (Lipinski definition) is 0. The maximum Gasteiger partial charge on any atom is 0.350 e. The molecule has 1 atom stereocenters. The first kappa shape index (κ1) is 17.9. The number of hydrogen-bond acceptors (Lipinski definition) is 6. The number of anilines is 2. The van der Waals surface area contributed by atoms with Crippen molar-refractivity contribution < 1.29 is 9.18 Å². The van der Waals surface area contributed by atoms with Gasteiger partial charge in [-0.05, 0) is 24.6 Å². The minimum Gasteiger partial charge on any atom is -0.354 e. The first-order valence-corrected chi connectivity index (χ1v) is 9.22. The summed E-state index contributed by atoms with van der Waals surface area (Å²) >= 11 is 1.42. The summed E-state index contributed by atoms with van der Waals surface area (Å²) in [4.78, 5) is 24.6. The molecule has 0 N–H and O–H groups in total. The van der Waals surface area contributed by atoms with E-state index in [9.17, 15) is 9.18 Å². The molecule has 1 amide bonds. The molecule has 27 heavy (non-hydrogen) atoms. The lowest BCUT2D eigenvalue weighted by Gasteiger charge is -2.16. The number of halogens is 2. The van der Waals surface area contributed by atoms with Crippen molar-refractivity contribution in [3.05, 3.63) is 41.8 Å². The summed E-state index contributed by atoms with van der Waals surface area (Å²) in [6, 6.07) is 5.52. The average Bonchev–Trinajstić information content (AvgIpc) is 3.41. The summed E-state index contributed by atoms with van der Waals surface area (Å²) in [5.74, 6) is 0.771. The highest BCUT2D eigenvalue weighted by molar-refractivity contribution is 7.14. The summed E-state index contributed by atoms with van der Waals surface area (Å²) in [6.45, 7) is 1.56. The third-order valence-corrected chi connectivity index (χ3v) is 5.49. The maximum absolute atomic E-state index is 13.3. The molecule has 1 fully saturated rings. The summed E-state index contributed by atoms with van der Waals surface area (Å²) in [5.41, 5.74) is 4.08. The van der Waals surface area contributed by atoms with Crippen LogP contribution in [0.4, 0.5) is 20.0 Å². The monoisotopic (exact) mass is 406 g/mol. The Kier molecular flexibility index (Phi) is 4.56. The highest BCUT2D eigenvalue weighted by atomic mass is 35.5. The minimum atomic E-state index is -0.778. The molecule has 0 aliphatic carbocycles. The highest BCUT2D eigenvalue weighted by Crippen LogP contribution is 2.30. The van der Waals surface area contributed by atoms with Crippen LogP contribution in [0.5, 0.6) is 0 Å². The molecule has 3 aromatic heterocycles. The average molecular weight is 407 g/mol. The van der Waals surface area contributed by atoms with E-state index in [1.54, 1.807) is 22.8 Å². The molecule has 0 spiro atoms. The van der Waals surface area contributed by atoms with Crippen LogP contribution in [0.3, 0.4) is 0 Å². The Bertz CT molecular complexity index is 960. The van der Waals surface area contributed by atoms with Crippen molar-refractivity contribution in [1.82, 2.24) is 19.7 Å². The van der Waals surface area contributed by atoms with Crippen LogP contribution in [0.15, 0.2) is 36.1 Å². The van der Waals surface area contributed by atoms with Gasteiger partial charge in [0.1, 0.15) is 17.0 Å². The van der Waals surface area contributed by atoms with Gasteiger partial charge in [-0.15, -0.1) is 23.7 Å². The third-order valence-electron chi connectivity index (χ3n) is 4.70. The molecule has 2 aliphatic rings. The maximum atomic E-state index is 13.3. The van der Waals surface area contributed by atoms with E-state index in [0.29, 0.717) is 31.7 Å². The number of amides is 1. The Morgan fingerprint density at radius 1 is 1.26 bits per heavy atom. The number of alkyl halides is 1. The predicted octanol–water partition coefficient (Wildman–Crippen LogP) is 3.36. The molecular weight excluding hydrogens is 391 g/mol. The Balaban J connectivity index is 0.00000180. The van der Waals surface area contributed by atoms with Gasteiger partial charge in [0.05, 0.1) is 36.2 Å². The van der Waals surface area contributed by atoms with Crippen LogP contribution in [0.25, 0.3) is 11.3 Å². The van der Waals surface area contributed by atoms with Gasteiger partial charge in [0.15, 0.2) is 0 Å². The second-order valence-electron chi connectivity index (χ2n) is 6.38. The molecule has 5 rings (SSSR count). The van der Waals surface area contributed by atoms with Crippen molar-refractivity contribution in [1.29, 1.82) is 0 Å². The fourth-order valence-electron chi connectivity index (χ4n) is 3.35. The number of thiazole rings is 1. The summed E-state index contributed by atoms with van der Waals surface area (Å²) in [7, 11) is 0.